The maximum absolute atomic E-state index is 4.68. The summed E-state index contributed by atoms with van der Waals surface area (Å²) in [4.78, 5) is 9.04. The van der Waals surface area contributed by atoms with Gasteiger partial charge in [-0.3, -0.25) is 9.97 Å². The highest BCUT2D eigenvalue weighted by Crippen LogP contribution is 2.34. The lowest BCUT2D eigenvalue weighted by atomic mass is 9.94. The molecule has 3 aromatic carbocycles. The molecule has 0 N–H and O–H groups in total. The molecular formula is C26H18N2. The Morgan fingerprint density at radius 3 is 2.25 bits per heavy atom. The molecule has 0 unspecified atom stereocenters. The highest BCUT2D eigenvalue weighted by molar-refractivity contribution is 5.95. The average molecular weight is 358 g/mol. The third-order valence-electron chi connectivity index (χ3n) is 5.03. The summed E-state index contributed by atoms with van der Waals surface area (Å²) in [5, 5.41) is 2.37. The molecule has 132 valence electrons. The summed E-state index contributed by atoms with van der Waals surface area (Å²) >= 11 is 0. The number of hydrogen-bond donors (Lipinski definition) is 0. The number of aromatic nitrogens is 2. The van der Waals surface area contributed by atoms with Crippen LogP contribution < -0.4 is 0 Å². The third kappa shape index (κ3) is 2.95. The molecule has 0 amide bonds. The predicted octanol–water partition coefficient (Wildman–Crippen LogP) is 6.63. The molecule has 0 radical (unpaired) electrons. The smallest absolute Gasteiger partial charge is 0.0780 e. The summed E-state index contributed by atoms with van der Waals surface area (Å²) < 4.78 is 0. The average Bonchev–Trinajstić information content (AvgIpc) is 2.79. The van der Waals surface area contributed by atoms with Gasteiger partial charge in [0.15, 0.2) is 0 Å². The van der Waals surface area contributed by atoms with Crippen molar-refractivity contribution in [1.29, 1.82) is 0 Å². The summed E-state index contributed by atoms with van der Waals surface area (Å²) in [6.45, 7) is 0. The minimum absolute atomic E-state index is 1.01. The lowest BCUT2D eigenvalue weighted by Gasteiger charge is -2.12. The van der Waals surface area contributed by atoms with Gasteiger partial charge >= 0.3 is 0 Å². The molecule has 2 heterocycles. The third-order valence-corrected chi connectivity index (χ3v) is 5.03. The highest BCUT2D eigenvalue weighted by Gasteiger charge is 2.10. The molecule has 2 nitrogen and oxygen atoms in total. The first-order valence-electron chi connectivity index (χ1n) is 9.34. The Morgan fingerprint density at radius 2 is 1.32 bits per heavy atom. The first-order valence-corrected chi connectivity index (χ1v) is 9.34. The second-order valence-electron chi connectivity index (χ2n) is 6.75. The normalized spacial score (nSPS) is 10.9. The molecular weight excluding hydrogens is 340 g/mol. The van der Waals surface area contributed by atoms with Crippen molar-refractivity contribution in [2.24, 2.45) is 0 Å². The van der Waals surface area contributed by atoms with E-state index in [1.165, 1.54) is 21.9 Å². The molecule has 0 aliphatic rings. The van der Waals surface area contributed by atoms with E-state index in [1.807, 2.05) is 24.7 Å². The largest absolute Gasteiger partial charge is 0.264 e. The van der Waals surface area contributed by atoms with Crippen molar-refractivity contribution in [1.82, 2.24) is 9.97 Å². The van der Waals surface area contributed by atoms with Crippen LogP contribution in [0.25, 0.3) is 44.3 Å². The summed E-state index contributed by atoms with van der Waals surface area (Å²) in [6.07, 6.45) is 5.67. The Hall–Kier alpha value is -3.78. The van der Waals surface area contributed by atoms with Gasteiger partial charge in [0.05, 0.1) is 5.69 Å². The first-order chi connectivity index (χ1) is 13.9. The van der Waals surface area contributed by atoms with Crippen LogP contribution in [0.15, 0.2) is 110 Å². The number of pyridine rings is 2. The van der Waals surface area contributed by atoms with Crippen LogP contribution >= 0.6 is 0 Å². The van der Waals surface area contributed by atoms with Crippen LogP contribution in [0.4, 0.5) is 0 Å². The van der Waals surface area contributed by atoms with E-state index in [-0.39, 0.29) is 0 Å². The van der Waals surface area contributed by atoms with Gasteiger partial charge in [-0.15, -0.1) is 0 Å². The van der Waals surface area contributed by atoms with Gasteiger partial charge in [0, 0.05) is 35.1 Å². The fraction of sp³-hybridized carbons (Fsp3) is 0. The Kier molecular flexibility index (Phi) is 4.15. The van der Waals surface area contributed by atoms with E-state index in [2.05, 4.69) is 94.9 Å². The fourth-order valence-electron chi connectivity index (χ4n) is 3.68. The van der Waals surface area contributed by atoms with E-state index in [0.29, 0.717) is 0 Å². The quantitative estimate of drug-likeness (QED) is 0.362. The molecule has 0 aliphatic carbocycles. The zero-order valence-corrected chi connectivity index (χ0v) is 15.3. The molecule has 0 aliphatic heterocycles. The van der Waals surface area contributed by atoms with Crippen LogP contribution in [0.5, 0.6) is 0 Å². The minimum Gasteiger partial charge on any atom is -0.264 e. The first kappa shape index (κ1) is 16.4. The van der Waals surface area contributed by atoms with Gasteiger partial charge in [-0.1, -0.05) is 72.8 Å². The van der Waals surface area contributed by atoms with Crippen molar-refractivity contribution in [2.45, 2.75) is 0 Å². The molecule has 0 atom stereocenters. The highest BCUT2D eigenvalue weighted by atomic mass is 14.7. The molecule has 0 saturated carbocycles. The minimum atomic E-state index is 1.01. The number of rotatable bonds is 3. The second kappa shape index (κ2) is 7.09. The summed E-state index contributed by atoms with van der Waals surface area (Å²) in [6, 6.07) is 31.5. The van der Waals surface area contributed by atoms with Crippen molar-refractivity contribution in [3.05, 3.63) is 110 Å². The lowest BCUT2D eigenvalue weighted by molar-refractivity contribution is 1.33. The molecule has 0 fully saturated rings. The van der Waals surface area contributed by atoms with Crippen molar-refractivity contribution in [2.75, 3.05) is 0 Å². The van der Waals surface area contributed by atoms with Gasteiger partial charge in [-0.2, -0.15) is 0 Å². The zero-order valence-electron chi connectivity index (χ0n) is 15.3. The summed E-state index contributed by atoms with van der Waals surface area (Å²) in [5.41, 5.74) is 6.75. The molecule has 28 heavy (non-hydrogen) atoms. The van der Waals surface area contributed by atoms with Crippen LogP contribution in [0, 0.1) is 0 Å². The maximum atomic E-state index is 4.68. The molecule has 0 spiro atoms. The van der Waals surface area contributed by atoms with Gasteiger partial charge in [-0.25, -0.2) is 0 Å². The second-order valence-corrected chi connectivity index (χ2v) is 6.75. The summed E-state index contributed by atoms with van der Waals surface area (Å²) in [7, 11) is 0. The molecule has 5 rings (SSSR count). The van der Waals surface area contributed by atoms with Crippen LogP contribution in [0.3, 0.4) is 0 Å². The van der Waals surface area contributed by atoms with E-state index < -0.39 is 0 Å². The topological polar surface area (TPSA) is 25.8 Å². The lowest BCUT2D eigenvalue weighted by Crippen LogP contribution is -1.89. The van der Waals surface area contributed by atoms with Crippen molar-refractivity contribution in [3.63, 3.8) is 0 Å². The van der Waals surface area contributed by atoms with E-state index in [9.17, 15) is 0 Å². The van der Waals surface area contributed by atoms with Gasteiger partial charge in [0.2, 0.25) is 0 Å². The Morgan fingerprint density at radius 1 is 0.536 bits per heavy atom. The van der Waals surface area contributed by atoms with Crippen LogP contribution in [-0.2, 0) is 0 Å². The number of hydrogen-bond acceptors (Lipinski definition) is 2. The summed E-state index contributed by atoms with van der Waals surface area (Å²) in [5.74, 6) is 0. The van der Waals surface area contributed by atoms with Crippen molar-refractivity contribution >= 4 is 10.8 Å². The van der Waals surface area contributed by atoms with Gasteiger partial charge in [0.1, 0.15) is 0 Å². The van der Waals surface area contributed by atoms with E-state index in [4.69, 9.17) is 0 Å². The van der Waals surface area contributed by atoms with Gasteiger partial charge in [0.25, 0.3) is 0 Å². The molecule has 0 bridgehead atoms. The molecule has 2 aromatic heterocycles. The number of benzene rings is 3. The van der Waals surface area contributed by atoms with E-state index in [1.54, 1.807) is 0 Å². The number of fused-ring (bicyclic) bond motifs is 1. The predicted molar refractivity (Wildman–Crippen MR) is 116 cm³/mol. The Balaban J connectivity index is 1.67. The Bertz CT molecular complexity index is 1250. The molecule has 0 saturated heterocycles. The standard InChI is InChI=1S/C26H18N2/c1-2-7-19(8-3-1)25-18-27-15-14-23(25)21-10-6-11-22(17-21)26-24-12-5-4-9-20(24)13-16-28-26/h1-18H. The van der Waals surface area contributed by atoms with Crippen LogP contribution in [0.2, 0.25) is 0 Å². The van der Waals surface area contributed by atoms with Crippen LogP contribution in [-0.4, -0.2) is 9.97 Å². The van der Waals surface area contributed by atoms with Crippen LogP contribution in [0.1, 0.15) is 0 Å². The SMILES string of the molecule is c1ccc(-c2cnccc2-c2cccc(-c3nccc4ccccc34)c2)cc1. The number of nitrogens with zero attached hydrogens (tertiary/aromatic N) is 2. The zero-order chi connectivity index (χ0) is 18.8. The fourth-order valence-corrected chi connectivity index (χ4v) is 3.68. The van der Waals surface area contributed by atoms with E-state index in [0.717, 1.165) is 22.4 Å². The van der Waals surface area contributed by atoms with E-state index >= 15 is 0 Å². The molecule has 5 aromatic rings. The maximum Gasteiger partial charge on any atom is 0.0780 e. The van der Waals surface area contributed by atoms with Crippen molar-refractivity contribution in [3.8, 4) is 33.5 Å². The Labute approximate surface area is 164 Å². The van der Waals surface area contributed by atoms with Gasteiger partial charge < -0.3 is 0 Å². The monoisotopic (exact) mass is 358 g/mol. The van der Waals surface area contributed by atoms with Crippen molar-refractivity contribution < 1.29 is 0 Å². The molecule has 2 heteroatoms. The van der Waals surface area contributed by atoms with Gasteiger partial charge in [-0.05, 0) is 40.3 Å².